The van der Waals surface area contributed by atoms with Gasteiger partial charge >= 0.3 is 0 Å². The number of para-hydroxylation sites is 1. The van der Waals surface area contributed by atoms with Gasteiger partial charge < -0.3 is 15.2 Å². The lowest BCUT2D eigenvalue weighted by molar-refractivity contribution is -0.129. The van der Waals surface area contributed by atoms with Gasteiger partial charge in [0, 0.05) is 16.8 Å². The molecule has 2 N–H and O–H groups in total. The Hall–Kier alpha value is -2.40. The maximum absolute atomic E-state index is 13.4. The average Bonchev–Trinajstić information content (AvgIpc) is 2.72. The largest absolute Gasteiger partial charge is 0.496 e. The van der Waals surface area contributed by atoms with Crippen LogP contribution in [-0.4, -0.2) is 18.1 Å². The van der Waals surface area contributed by atoms with Gasteiger partial charge in [-0.1, -0.05) is 18.2 Å². The van der Waals surface area contributed by atoms with E-state index in [0.29, 0.717) is 11.4 Å². The van der Waals surface area contributed by atoms with Gasteiger partial charge in [0.25, 0.3) is 5.91 Å². The molecule has 5 heteroatoms. The van der Waals surface area contributed by atoms with Crippen LogP contribution in [0, 0.1) is 5.82 Å². The molecule has 0 radical (unpaired) electrons. The summed E-state index contributed by atoms with van der Waals surface area (Å²) < 4.78 is 18.6. The van der Waals surface area contributed by atoms with Crippen LogP contribution in [-0.2, 0) is 10.4 Å². The van der Waals surface area contributed by atoms with Crippen LogP contribution in [0.25, 0.3) is 0 Å². The lowest BCUT2D eigenvalue weighted by atomic mass is 9.87. The SMILES string of the molecule is COc1ccccc1[C@@]1(O)C(=O)Nc2ccc(F)cc21. The number of nitrogens with one attached hydrogen (secondary N) is 1. The van der Waals surface area contributed by atoms with Crippen LogP contribution in [0.2, 0.25) is 0 Å². The highest BCUT2D eigenvalue weighted by Gasteiger charge is 2.48. The van der Waals surface area contributed by atoms with Crippen molar-refractivity contribution in [2.24, 2.45) is 0 Å². The van der Waals surface area contributed by atoms with E-state index in [9.17, 15) is 14.3 Å². The van der Waals surface area contributed by atoms with Gasteiger partial charge in [-0.3, -0.25) is 4.79 Å². The third-order valence-corrected chi connectivity index (χ3v) is 3.44. The highest BCUT2D eigenvalue weighted by molar-refractivity contribution is 6.07. The Bertz CT molecular complexity index is 701. The van der Waals surface area contributed by atoms with Crippen LogP contribution in [0.3, 0.4) is 0 Å². The lowest BCUT2D eigenvalue weighted by Gasteiger charge is -2.23. The van der Waals surface area contributed by atoms with Crippen molar-refractivity contribution in [1.29, 1.82) is 0 Å². The normalized spacial score (nSPS) is 20.4. The van der Waals surface area contributed by atoms with Gasteiger partial charge in [-0.2, -0.15) is 0 Å². The number of amides is 1. The number of anilines is 1. The van der Waals surface area contributed by atoms with Gasteiger partial charge in [0.1, 0.15) is 11.6 Å². The number of methoxy groups -OCH3 is 1. The molecule has 0 aromatic heterocycles. The molecular weight excluding hydrogens is 261 g/mol. The number of carbonyl (C=O) groups is 1. The Morgan fingerprint density at radius 1 is 1.20 bits per heavy atom. The van der Waals surface area contributed by atoms with Crippen molar-refractivity contribution >= 4 is 11.6 Å². The predicted molar refractivity (Wildman–Crippen MR) is 71.0 cm³/mol. The molecule has 0 fully saturated rings. The monoisotopic (exact) mass is 273 g/mol. The summed E-state index contributed by atoms with van der Waals surface area (Å²) in [5.41, 5.74) is -1.09. The molecule has 1 aliphatic rings. The Labute approximate surface area is 114 Å². The molecule has 0 saturated carbocycles. The minimum absolute atomic E-state index is 0.187. The molecule has 1 aliphatic heterocycles. The molecule has 3 rings (SSSR count). The van der Waals surface area contributed by atoms with Crippen molar-refractivity contribution in [1.82, 2.24) is 0 Å². The Kier molecular flexibility index (Phi) is 2.72. The third kappa shape index (κ3) is 1.60. The molecule has 0 spiro atoms. The van der Waals surface area contributed by atoms with Crippen molar-refractivity contribution in [2.75, 3.05) is 12.4 Å². The first-order chi connectivity index (χ1) is 9.57. The second-order valence-corrected chi connectivity index (χ2v) is 4.55. The van der Waals surface area contributed by atoms with E-state index in [1.807, 2.05) is 0 Å². The van der Waals surface area contributed by atoms with Crippen molar-refractivity contribution in [3.63, 3.8) is 0 Å². The van der Waals surface area contributed by atoms with E-state index in [0.717, 1.165) is 6.07 Å². The molecule has 1 amide bonds. The van der Waals surface area contributed by atoms with Crippen LogP contribution in [0.1, 0.15) is 11.1 Å². The van der Waals surface area contributed by atoms with Gasteiger partial charge in [-0.15, -0.1) is 0 Å². The van der Waals surface area contributed by atoms with Gasteiger partial charge in [0.05, 0.1) is 7.11 Å². The number of ether oxygens (including phenoxy) is 1. The van der Waals surface area contributed by atoms with Gasteiger partial charge in [-0.25, -0.2) is 4.39 Å². The summed E-state index contributed by atoms with van der Waals surface area (Å²) in [6.07, 6.45) is 0. The fraction of sp³-hybridized carbons (Fsp3) is 0.133. The fourth-order valence-corrected chi connectivity index (χ4v) is 2.47. The summed E-state index contributed by atoms with van der Waals surface area (Å²) in [5.74, 6) is -0.779. The minimum atomic E-state index is -1.95. The van der Waals surface area contributed by atoms with E-state index < -0.39 is 17.3 Å². The zero-order valence-corrected chi connectivity index (χ0v) is 10.7. The number of hydrogen-bond donors (Lipinski definition) is 2. The maximum Gasteiger partial charge on any atom is 0.266 e. The van der Waals surface area contributed by atoms with Crippen LogP contribution in [0.5, 0.6) is 5.75 Å². The van der Waals surface area contributed by atoms with Crippen molar-refractivity contribution in [2.45, 2.75) is 5.60 Å². The Morgan fingerprint density at radius 2 is 1.95 bits per heavy atom. The number of rotatable bonds is 2. The van der Waals surface area contributed by atoms with E-state index in [-0.39, 0.29) is 11.1 Å². The third-order valence-electron chi connectivity index (χ3n) is 3.44. The summed E-state index contributed by atoms with van der Waals surface area (Å²) in [4.78, 5) is 12.2. The molecule has 4 nitrogen and oxygen atoms in total. The molecule has 0 bridgehead atoms. The number of carbonyl (C=O) groups excluding carboxylic acids is 1. The quantitative estimate of drug-likeness (QED) is 0.880. The topological polar surface area (TPSA) is 58.6 Å². The maximum atomic E-state index is 13.4. The van der Waals surface area contributed by atoms with Gasteiger partial charge in [-0.05, 0) is 24.3 Å². The Morgan fingerprint density at radius 3 is 2.70 bits per heavy atom. The number of halogens is 1. The molecule has 1 heterocycles. The molecule has 102 valence electrons. The first-order valence-electron chi connectivity index (χ1n) is 6.04. The van der Waals surface area contributed by atoms with E-state index >= 15 is 0 Å². The van der Waals surface area contributed by atoms with Gasteiger partial charge in [0.15, 0.2) is 5.60 Å². The summed E-state index contributed by atoms with van der Waals surface area (Å²) in [6, 6.07) is 10.4. The number of benzene rings is 2. The number of aliphatic hydroxyl groups is 1. The molecule has 0 aliphatic carbocycles. The number of fused-ring (bicyclic) bond motifs is 1. The van der Waals surface area contributed by atoms with Crippen LogP contribution in [0.15, 0.2) is 42.5 Å². The molecule has 2 aromatic carbocycles. The second-order valence-electron chi connectivity index (χ2n) is 4.55. The van der Waals surface area contributed by atoms with E-state index in [4.69, 9.17) is 4.74 Å². The van der Waals surface area contributed by atoms with Crippen molar-refractivity contribution in [3.8, 4) is 5.75 Å². The van der Waals surface area contributed by atoms with Crippen LogP contribution in [0.4, 0.5) is 10.1 Å². The Balaban J connectivity index is 2.27. The molecule has 2 aromatic rings. The smallest absolute Gasteiger partial charge is 0.266 e. The van der Waals surface area contributed by atoms with Crippen LogP contribution < -0.4 is 10.1 Å². The highest BCUT2D eigenvalue weighted by Crippen LogP contribution is 2.44. The standard InChI is InChI=1S/C15H12FNO3/c1-20-13-5-3-2-4-10(13)15(19)11-8-9(16)6-7-12(11)17-14(15)18/h2-8,19H,1H3,(H,17,18)/t15-/m0/s1. The molecule has 20 heavy (non-hydrogen) atoms. The summed E-state index contributed by atoms with van der Waals surface area (Å²) in [6.45, 7) is 0. The molecule has 1 atom stereocenters. The van der Waals surface area contributed by atoms with E-state index in [1.165, 1.54) is 19.2 Å². The van der Waals surface area contributed by atoms with Crippen LogP contribution >= 0.6 is 0 Å². The first-order valence-corrected chi connectivity index (χ1v) is 6.04. The predicted octanol–water partition coefficient (Wildman–Crippen LogP) is 2.02. The molecule has 0 saturated heterocycles. The zero-order chi connectivity index (χ0) is 14.3. The van der Waals surface area contributed by atoms with E-state index in [2.05, 4.69) is 5.32 Å². The minimum Gasteiger partial charge on any atom is -0.496 e. The van der Waals surface area contributed by atoms with E-state index in [1.54, 1.807) is 24.3 Å². The molecule has 0 unspecified atom stereocenters. The fourth-order valence-electron chi connectivity index (χ4n) is 2.47. The van der Waals surface area contributed by atoms with Crippen molar-refractivity contribution < 1.29 is 19.0 Å². The number of hydrogen-bond acceptors (Lipinski definition) is 3. The summed E-state index contributed by atoms with van der Waals surface area (Å²) in [5, 5.41) is 13.4. The molecular formula is C15H12FNO3. The van der Waals surface area contributed by atoms with Gasteiger partial charge in [0.2, 0.25) is 0 Å². The highest BCUT2D eigenvalue weighted by atomic mass is 19.1. The average molecular weight is 273 g/mol. The second kappa shape index (κ2) is 4.31. The summed E-state index contributed by atoms with van der Waals surface area (Å²) >= 11 is 0. The zero-order valence-electron chi connectivity index (χ0n) is 10.7. The van der Waals surface area contributed by atoms with Crippen molar-refractivity contribution in [3.05, 3.63) is 59.4 Å². The summed E-state index contributed by atoms with van der Waals surface area (Å²) in [7, 11) is 1.45. The first kappa shape index (κ1) is 12.6. The lowest BCUT2D eigenvalue weighted by Crippen LogP contribution is -2.35.